The van der Waals surface area contributed by atoms with E-state index in [1.165, 1.54) is 37.5 Å². The Labute approximate surface area is 151 Å². The van der Waals surface area contributed by atoms with E-state index in [1.54, 1.807) is 11.8 Å². The lowest BCUT2D eigenvalue weighted by molar-refractivity contribution is 0.234. The third-order valence-corrected chi connectivity index (χ3v) is 5.67. The van der Waals surface area contributed by atoms with E-state index in [4.69, 9.17) is 4.63 Å². The van der Waals surface area contributed by atoms with Crippen LogP contribution in [0.3, 0.4) is 0 Å². The van der Waals surface area contributed by atoms with Crippen molar-refractivity contribution < 1.29 is 14.2 Å². The van der Waals surface area contributed by atoms with Crippen molar-refractivity contribution in [1.82, 2.24) is 15.8 Å². The number of halogens is 2. The lowest BCUT2D eigenvalue weighted by atomic mass is 10.0. The predicted octanol–water partition coefficient (Wildman–Crippen LogP) is 4.45. The zero-order valence-electron chi connectivity index (χ0n) is 12.7. The first-order valence-corrected chi connectivity index (χ1v) is 9.28. The van der Waals surface area contributed by atoms with Crippen molar-refractivity contribution in [3.8, 4) is 0 Å². The number of nitrogens with zero attached hydrogens (tertiary/aromatic N) is 3. The van der Waals surface area contributed by atoms with Crippen LogP contribution in [0.25, 0.3) is 0 Å². The van der Waals surface area contributed by atoms with E-state index in [2.05, 4.69) is 31.2 Å². The number of nitrogens with one attached hydrogen (secondary N) is 1. The highest BCUT2D eigenvalue weighted by Crippen LogP contribution is 2.34. The Bertz CT molecular complexity index is 734. The van der Waals surface area contributed by atoms with Crippen molar-refractivity contribution in [3.63, 3.8) is 0 Å². The number of hydrogen-bond acceptors (Lipinski definition) is 6. The van der Waals surface area contributed by atoms with Crippen LogP contribution in [0, 0.1) is 5.82 Å². The highest BCUT2D eigenvalue weighted by molar-refractivity contribution is 9.10. The van der Waals surface area contributed by atoms with Crippen LogP contribution in [-0.2, 0) is 0 Å². The SMILES string of the molecule is ONC(=Nc1ccc(F)c(Br)c1)c1nonc1SC1CCCCC1. The van der Waals surface area contributed by atoms with Crippen molar-refractivity contribution in [2.75, 3.05) is 0 Å². The first-order valence-electron chi connectivity index (χ1n) is 7.61. The van der Waals surface area contributed by atoms with E-state index in [-0.39, 0.29) is 16.1 Å². The van der Waals surface area contributed by atoms with Crippen molar-refractivity contribution in [2.24, 2.45) is 4.99 Å². The average Bonchev–Trinajstić information content (AvgIpc) is 3.05. The van der Waals surface area contributed by atoms with Gasteiger partial charge in [-0.15, -0.1) is 0 Å². The summed E-state index contributed by atoms with van der Waals surface area (Å²) in [4.78, 5) is 4.26. The van der Waals surface area contributed by atoms with Gasteiger partial charge in [-0.05, 0) is 57.3 Å². The van der Waals surface area contributed by atoms with Gasteiger partial charge in [0.2, 0.25) is 0 Å². The van der Waals surface area contributed by atoms with E-state index >= 15 is 0 Å². The second kappa shape index (κ2) is 8.09. The Morgan fingerprint density at radius 2 is 2.12 bits per heavy atom. The summed E-state index contributed by atoms with van der Waals surface area (Å²) in [5.74, 6) is -0.280. The second-order valence-corrected chi connectivity index (χ2v) is 7.61. The zero-order chi connectivity index (χ0) is 16.9. The van der Waals surface area contributed by atoms with Crippen LogP contribution in [0.4, 0.5) is 10.1 Å². The molecule has 0 saturated heterocycles. The molecule has 1 saturated carbocycles. The first-order chi connectivity index (χ1) is 11.7. The van der Waals surface area contributed by atoms with Gasteiger partial charge in [0.15, 0.2) is 16.6 Å². The fraction of sp³-hybridized carbons (Fsp3) is 0.400. The molecule has 1 aromatic carbocycles. The minimum atomic E-state index is -0.385. The molecular weight excluding hydrogens is 399 g/mol. The summed E-state index contributed by atoms with van der Waals surface area (Å²) >= 11 is 4.70. The van der Waals surface area contributed by atoms with Gasteiger partial charge in [-0.3, -0.25) is 10.7 Å². The fourth-order valence-corrected chi connectivity index (χ4v) is 4.13. The molecule has 1 aliphatic carbocycles. The summed E-state index contributed by atoms with van der Waals surface area (Å²) in [5, 5.41) is 18.2. The van der Waals surface area contributed by atoms with Gasteiger partial charge in [0.05, 0.1) is 10.2 Å². The lowest BCUT2D eigenvalue weighted by Gasteiger charge is -2.19. The highest BCUT2D eigenvalue weighted by Gasteiger charge is 2.22. The van der Waals surface area contributed by atoms with Crippen molar-refractivity contribution in [2.45, 2.75) is 42.4 Å². The van der Waals surface area contributed by atoms with Crippen LogP contribution in [0.5, 0.6) is 0 Å². The van der Waals surface area contributed by atoms with Crippen molar-refractivity contribution >= 4 is 39.2 Å². The van der Waals surface area contributed by atoms with Crippen LogP contribution >= 0.6 is 27.7 Å². The van der Waals surface area contributed by atoms with Crippen molar-refractivity contribution in [1.29, 1.82) is 0 Å². The van der Waals surface area contributed by atoms with Gasteiger partial charge in [-0.25, -0.2) is 14.0 Å². The van der Waals surface area contributed by atoms with Crippen LogP contribution in [-0.4, -0.2) is 26.6 Å². The number of amidine groups is 1. The lowest BCUT2D eigenvalue weighted by Crippen LogP contribution is -2.21. The number of hydroxylamine groups is 1. The molecule has 0 atom stereocenters. The maximum Gasteiger partial charge on any atom is 0.186 e. The molecule has 9 heteroatoms. The molecule has 2 aromatic rings. The number of aromatic nitrogens is 2. The molecule has 0 spiro atoms. The molecule has 1 aliphatic rings. The number of hydrogen-bond donors (Lipinski definition) is 2. The van der Waals surface area contributed by atoms with Crippen LogP contribution in [0.2, 0.25) is 0 Å². The Morgan fingerprint density at radius 1 is 1.33 bits per heavy atom. The molecule has 1 aromatic heterocycles. The van der Waals surface area contributed by atoms with Gasteiger partial charge >= 0.3 is 0 Å². The normalized spacial score (nSPS) is 16.4. The quantitative estimate of drug-likeness (QED) is 0.436. The Balaban J connectivity index is 1.84. The average molecular weight is 415 g/mol. The van der Waals surface area contributed by atoms with Gasteiger partial charge in [-0.1, -0.05) is 31.0 Å². The molecule has 0 amide bonds. The topological polar surface area (TPSA) is 83.5 Å². The monoisotopic (exact) mass is 414 g/mol. The van der Waals surface area contributed by atoms with Gasteiger partial charge < -0.3 is 0 Å². The molecule has 2 N–H and O–H groups in total. The van der Waals surface area contributed by atoms with E-state index in [0.29, 0.717) is 21.7 Å². The van der Waals surface area contributed by atoms with Gasteiger partial charge in [0.25, 0.3) is 0 Å². The first kappa shape index (κ1) is 17.4. The van der Waals surface area contributed by atoms with E-state index in [1.807, 2.05) is 5.48 Å². The number of aliphatic imine (C=N–C) groups is 1. The van der Waals surface area contributed by atoms with E-state index in [9.17, 15) is 9.60 Å². The summed E-state index contributed by atoms with van der Waals surface area (Å²) in [6.45, 7) is 0. The molecule has 0 aliphatic heterocycles. The summed E-state index contributed by atoms with van der Waals surface area (Å²) in [6, 6.07) is 4.30. The van der Waals surface area contributed by atoms with Gasteiger partial charge in [-0.2, -0.15) is 0 Å². The summed E-state index contributed by atoms with van der Waals surface area (Å²) in [7, 11) is 0. The van der Waals surface area contributed by atoms with Crippen molar-refractivity contribution in [3.05, 3.63) is 34.2 Å². The Kier molecular flexibility index (Phi) is 5.85. The smallest absolute Gasteiger partial charge is 0.186 e. The number of thioether (sulfide) groups is 1. The second-order valence-electron chi connectivity index (χ2n) is 5.47. The minimum absolute atomic E-state index is 0.105. The summed E-state index contributed by atoms with van der Waals surface area (Å²) in [6.07, 6.45) is 5.94. The molecule has 3 rings (SSSR count). The third-order valence-electron chi connectivity index (χ3n) is 3.76. The van der Waals surface area contributed by atoms with Crippen LogP contribution in [0.1, 0.15) is 37.8 Å². The molecule has 6 nitrogen and oxygen atoms in total. The molecule has 1 fully saturated rings. The van der Waals surface area contributed by atoms with Crippen LogP contribution < -0.4 is 5.48 Å². The summed E-state index contributed by atoms with van der Waals surface area (Å²) in [5.41, 5.74) is 2.83. The molecule has 0 bridgehead atoms. The highest BCUT2D eigenvalue weighted by atomic mass is 79.9. The zero-order valence-corrected chi connectivity index (χ0v) is 15.1. The molecule has 0 radical (unpaired) electrons. The standard InChI is InChI=1S/C15H16BrFN4O2S/c16-11-8-9(6-7-12(11)17)18-14(19-22)13-15(21-23-20-13)24-10-4-2-1-3-5-10/h6-8,10,22H,1-5H2,(H,18,19). The molecule has 128 valence electrons. The Hall–Kier alpha value is -1.45. The molecular formula is C15H16BrFN4O2S. The molecule has 1 heterocycles. The fourth-order valence-electron chi connectivity index (χ4n) is 2.56. The van der Waals surface area contributed by atoms with Gasteiger partial charge in [0, 0.05) is 5.25 Å². The van der Waals surface area contributed by atoms with Crippen LogP contribution in [0.15, 0.2) is 37.3 Å². The number of benzene rings is 1. The maximum atomic E-state index is 13.3. The number of rotatable bonds is 4. The van der Waals surface area contributed by atoms with E-state index < -0.39 is 0 Å². The molecule has 24 heavy (non-hydrogen) atoms. The summed E-state index contributed by atoms with van der Waals surface area (Å²) < 4.78 is 18.4. The molecule has 0 unspecified atom stereocenters. The Morgan fingerprint density at radius 3 is 2.83 bits per heavy atom. The minimum Gasteiger partial charge on any atom is -0.290 e. The van der Waals surface area contributed by atoms with E-state index in [0.717, 1.165) is 12.8 Å². The third kappa shape index (κ3) is 4.14. The van der Waals surface area contributed by atoms with Gasteiger partial charge in [0.1, 0.15) is 5.82 Å². The maximum absolute atomic E-state index is 13.3. The largest absolute Gasteiger partial charge is 0.290 e. The predicted molar refractivity (Wildman–Crippen MR) is 92.2 cm³/mol.